The van der Waals surface area contributed by atoms with E-state index in [0.29, 0.717) is 0 Å². The Bertz CT molecular complexity index is 337. The van der Waals surface area contributed by atoms with Crippen molar-refractivity contribution in [2.45, 2.75) is 38.1 Å². The number of rotatable bonds is 5. The summed E-state index contributed by atoms with van der Waals surface area (Å²) in [6.45, 7) is 2.90. The first-order chi connectivity index (χ1) is 8.36. The van der Waals surface area contributed by atoms with E-state index in [9.17, 15) is 0 Å². The third-order valence-corrected chi connectivity index (χ3v) is 3.91. The Morgan fingerprint density at radius 1 is 1.41 bits per heavy atom. The van der Waals surface area contributed by atoms with Crippen molar-refractivity contribution in [3.05, 3.63) is 24.2 Å². The third-order valence-electron chi connectivity index (χ3n) is 3.91. The lowest BCUT2D eigenvalue weighted by atomic mass is 9.77. The molecule has 2 aliphatic rings. The van der Waals surface area contributed by atoms with E-state index in [4.69, 9.17) is 9.15 Å². The predicted molar refractivity (Wildman–Crippen MR) is 65.9 cm³/mol. The summed E-state index contributed by atoms with van der Waals surface area (Å²) in [5.74, 6) is 0. The van der Waals surface area contributed by atoms with Crippen LogP contribution in [0.2, 0.25) is 0 Å². The zero-order valence-corrected chi connectivity index (χ0v) is 10.3. The zero-order valence-electron chi connectivity index (χ0n) is 10.3. The predicted octanol–water partition coefficient (Wildman–Crippen LogP) is 2.37. The van der Waals surface area contributed by atoms with Gasteiger partial charge in [0.2, 0.25) is 0 Å². The molecule has 0 amide bonds. The molecule has 1 unspecified atom stereocenters. The molecule has 2 heterocycles. The molecule has 1 aliphatic carbocycles. The third kappa shape index (κ3) is 2.90. The molecule has 3 heteroatoms. The van der Waals surface area contributed by atoms with E-state index < -0.39 is 0 Å². The van der Waals surface area contributed by atoms with Crippen LogP contribution in [0.25, 0.3) is 0 Å². The molecule has 1 atom stereocenters. The minimum Gasteiger partial charge on any atom is -0.472 e. The smallest absolute Gasteiger partial charge is 0.0934 e. The molecular formula is C14H21NO2. The highest BCUT2D eigenvalue weighted by atomic mass is 16.5. The molecular weight excluding hydrogens is 214 g/mol. The van der Waals surface area contributed by atoms with E-state index in [0.717, 1.165) is 32.2 Å². The lowest BCUT2D eigenvalue weighted by molar-refractivity contribution is -0.00740. The molecule has 3 nitrogen and oxygen atoms in total. The van der Waals surface area contributed by atoms with Crippen LogP contribution in [-0.2, 0) is 11.2 Å². The lowest BCUT2D eigenvalue weighted by Crippen LogP contribution is -2.43. The molecule has 1 aromatic rings. The molecule has 1 N–H and O–H groups in total. The summed E-state index contributed by atoms with van der Waals surface area (Å²) < 4.78 is 10.9. The van der Waals surface area contributed by atoms with Gasteiger partial charge in [0.15, 0.2) is 0 Å². The van der Waals surface area contributed by atoms with Gasteiger partial charge in [-0.1, -0.05) is 0 Å². The number of ether oxygens (including phenoxy) is 1. The van der Waals surface area contributed by atoms with Crippen LogP contribution in [0.1, 0.15) is 31.2 Å². The van der Waals surface area contributed by atoms with Crippen molar-refractivity contribution < 1.29 is 9.15 Å². The maximum Gasteiger partial charge on any atom is 0.0934 e. The van der Waals surface area contributed by atoms with Crippen molar-refractivity contribution in [1.29, 1.82) is 0 Å². The topological polar surface area (TPSA) is 34.4 Å². The second kappa shape index (κ2) is 4.83. The molecule has 0 spiro atoms. The maximum absolute atomic E-state index is 5.72. The van der Waals surface area contributed by atoms with E-state index in [-0.39, 0.29) is 5.41 Å². The van der Waals surface area contributed by atoms with Crippen molar-refractivity contribution in [3.63, 3.8) is 0 Å². The van der Waals surface area contributed by atoms with Gasteiger partial charge in [-0.25, -0.2) is 0 Å². The highest BCUT2D eigenvalue weighted by Crippen LogP contribution is 2.33. The summed E-state index contributed by atoms with van der Waals surface area (Å²) in [5, 5.41) is 3.67. The first-order valence-corrected chi connectivity index (χ1v) is 6.69. The average molecular weight is 235 g/mol. The lowest BCUT2D eigenvalue weighted by Gasteiger charge is -2.37. The molecule has 0 radical (unpaired) electrons. The fourth-order valence-electron chi connectivity index (χ4n) is 2.73. The first-order valence-electron chi connectivity index (χ1n) is 6.69. The number of hydrogen-bond donors (Lipinski definition) is 1. The Balaban J connectivity index is 1.65. The number of furan rings is 1. The molecule has 2 fully saturated rings. The monoisotopic (exact) mass is 235 g/mol. The quantitative estimate of drug-likeness (QED) is 0.851. The van der Waals surface area contributed by atoms with Gasteiger partial charge in [0.05, 0.1) is 19.1 Å². The van der Waals surface area contributed by atoms with Gasteiger partial charge in [0, 0.05) is 24.6 Å². The van der Waals surface area contributed by atoms with Crippen LogP contribution in [0.3, 0.4) is 0 Å². The Hall–Kier alpha value is -0.800. The summed E-state index contributed by atoms with van der Waals surface area (Å²) in [7, 11) is 0. The highest BCUT2D eigenvalue weighted by Gasteiger charge is 2.35. The van der Waals surface area contributed by atoms with Crippen LogP contribution in [-0.4, -0.2) is 25.8 Å². The Labute approximate surface area is 103 Å². The number of nitrogens with one attached hydrogen (secondary N) is 1. The van der Waals surface area contributed by atoms with E-state index >= 15 is 0 Å². The second-order valence-electron chi connectivity index (χ2n) is 5.62. The number of hydrogen-bond acceptors (Lipinski definition) is 3. The van der Waals surface area contributed by atoms with Crippen LogP contribution < -0.4 is 5.32 Å². The van der Waals surface area contributed by atoms with Gasteiger partial charge in [-0.2, -0.15) is 0 Å². The Kier molecular flexibility index (Phi) is 3.21. The average Bonchev–Trinajstić information content (AvgIpc) is 3.06. The fourth-order valence-corrected chi connectivity index (χ4v) is 2.73. The van der Waals surface area contributed by atoms with Crippen LogP contribution in [0.5, 0.6) is 0 Å². The van der Waals surface area contributed by atoms with Crippen molar-refractivity contribution in [2.75, 3.05) is 19.8 Å². The first kappa shape index (κ1) is 11.3. The summed E-state index contributed by atoms with van der Waals surface area (Å²) in [4.78, 5) is 0. The summed E-state index contributed by atoms with van der Waals surface area (Å²) in [5.41, 5.74) is 1.58. The molecule has 0 aromatic carbocycles. The van der Waals surface area contributed by atoms with Crippen molar-refractivity contribution in [1.82, 2.24) is 5.32 Å². The molecule has 1 saturated carbocycles. The summed E-state index contributed by atoms with van der Waals surface area (Å²) in [6.07, 6.45) is 9.85. The molecule has 0 bridgehead atoms. The van der Waals surface area contributed by atoms with E-state index in [1.54, 1.807) is 6.26 Å². The van der Waals surface area contributed by atoms with E-state index in [2.05, 4.69) is 11.4 Å². The van der Waals surface area contributed by atoms with Gasteiger partial charge in [0.25, 0.3) is 0 Å². The van der Waals surface area contributed by atoms with Crippen LogP contribution in [0, 0.1) is 5.41 Å². The van der Waals surface area contributed by atoms with E-state index in [1.807, 2.05) is 6.26 Å². The Morgan fingerprint density at radius 3 is 3.00 bits per heavy atom. The van der Waals surface area contributed by atoms with Crippen LogP contribution >= 0.6 is 0 Å². The largest absolute Gasteiger partial charge is 0.472 e. The standard InChI is InChI=1S/C14H21NO2/c1-5-14(11-17-6-1,10-15-13-2-3-13)8-12-4-7-16-9-12/h4,7,9,13,15H,1-3,5-6,8,10-11H2. The van der Waals surface area contributed by atoms with Crippen molar-refractivity contribution >= 4 is 0 Å². The minimum atomic E-state index is 0.282. The van der Waals surface area contributed by atoms with Gasteiger partial charge in [0.1, 0.15) is 0 Å². The fraction of sp³-hybridized carbons (Fsp3) is 0.714. The van der Waals surface area contributed by atoms with E-state index in [1.165, 1.54) is 31.2 Å². The molecule has 1 aromatic heterocycles. The van der Waals surface area contributed by atoms with Gasteiger partial charge in [-0.3, -0.25) is 0 Å². The normalized spacial score (nSPS) is 29.4. The van der Waals surface area contributed by atoms with Crippen LogP contribution in [0.15, 0.2) is 23.0 Å². The Morgan fingerprint density at radius 2 is 2.35 bits per heavy atom. The van der Waals surface area contributed by atoms with Gasteiger partial charge >= 0.3 is 0 Å². The highest BCUT2D eigenvalue weighted by molar-refractivity contribution is 5.10. The summed E-state index contributed by atoms with van der Waals surface area (Å²) in [6, 6.07) is 2.85. The van der Waals surface area contributed by atoms with Gasteiger partial charge in [-0.15, -0.1) is 0 Å². The molecule has 1 aliphatic heterocycles. The van der Waals surface area contributed by atoms with Gasteiger partial charge < -0.3 is 14.5 Å². The second-order valence-corrected chi connectivity index (χ2v) is 5.62. The maximum atomic E-state index is 5.72. The zero-order chi connectivity index (χ0) is 11.6. The molecule has 94 valence electrons. The molecule has 1 saturated heterocycles. The molecule has 17 heavy (non-hydrogen) atoms. The summed E-state index contributed by atoms with van der Waals surface area (Å²) >= 11 is 0. The van der Waals surface area contributed by atoms with Crippen molar-refractivity contribution in [3.8, 4) is 0 Å². The van der Waals surface area contributed by atoms with Crippen LogP contribution in [0.4, 0.5) is 0 Å². The SMILES string of the molecule is c1cc(CC2(CNC3CC3)CCCOC2)co1. The van der Waals surface area contributed by atoms with Crippen molar-refractivity contribution in [2.24, 2.45) is 5.41 Å². The minimum absolute atomic E-state index is 0.282. The van der Waals surface area contributed by atoms with Gasteiger partial charge in [-0.05, 0) is 43.7 Å². The molecule has 3 rings (SSSR count).